The molecule has 1 saturated carbocycles. The Morgan fingerprint density at radius 2 is 2.20 bits per heavy atom. The largest absolute Gasteiger partial charge is 0.480 e. The zero-order valence-electron chi connectivity index (χ0n) is 8.16. The molecule has 80 valence electrons. The zero-order chi connectivity index (χ0) is 10.9. The van der Waals surface area contributed by atoms with Gasteiger partial charge in [-0.15, -0.1) is 0 Å². The summed E-state index contributed by atoms with van der Waals surface area (Å²) in [6, 6.07) is 7.58. The van der Waals surface area contributed by atoms with Crippen molar-refractivity contribution < 1.29 is 9.90 Å². The van der Waals surface area contributed by atoms with Crippen LogP contribution < -0.4 is 5.32 Å². The number of carbonyl (C=O) groups is 1. The van der Waals surface area contributed by atoms with Crippen LogP contribution >= 0.6 is 15.9 Å². The average molecular weight is 270 g/mol. The standard InChI is InChI=1S/C11H12BrNO2/c12-8-3-1-4-9(7-8)13-11(10(14)15)5-2-6-11/h1,3-4,7,13H,2,5-6H2,(H,14,15). The molecule has 2 rings (SSSR count). The number of nitrogens with one attached hydrogen (secondary N) is 1. The lowest BCUT2D eigenvalue weighted by Crippen LogP contribution is -2.52. The van der Waals surface area contributed by atoms with Gasteiger partial charge < -0.3 is 10.4 Å². The van der Waals surface area contributed by atoms with Crippen molar-refractivity contribution in [1.29, 1.82) is 0 Å². The van der Waals surface area contributed by atoms with E-state index in [1.807, 2.05) is 24.3 Å². The third-order valence-electron chi connectivity index (χ3n) is 2.82. The molecule has 15 heavy (non-hydrogen) atoms. The second kappa shape index (κ2) is 3.85. The van der Waals surface area contributed by atoms with Crippen molar-refractivity contribution >= 4 is 27.6 Å². The highest BCUT2D eigenvalue weighted by atomic mass is 79.9. The molecule has 0 amide bonds. The van der Waals surface area contributed by atoms with Gasteiger partial charge in [0.1, 0.15) is 5.54 Å². The van der Waals surface area contributed by atoms with Crippen LogP contribution in [0.2, 0.25) is 0 Å². The van der Waals surface area contributed by atoms with Gasteiger partial charge in [-0.05, 0) is 37.5 Å². The van der Waals surface area contributed by atoms with Gasteiger partial charge in [0.25, 0.3) is 0 Å². The minimum Gasteiger partial charge on any atom is -0.480 e. The maximum Gasteiger partial charge on any atom is 0.329 e. The lowest BCUT2D eigenvalue weighted by Gasteiger charge is -2.39. The first-order valence-electron chi connectivity index (χ1n) is 4.90. The molecule has 0 heterocycles. The monoisotopic (exact) mass is 269 g/mol. The second-order valence-corrected chi connectivity index (χ2v) is 4.79. The van der Waals surface area contributed by atoms with Gasteiger partial charge in [0.05, 0.1) is 0 Å². The van der Waals surface area contributed by atoms with Crippen LogP contribution in [0.5, 0.6) is 0 Å². The van der Waals surface area contributed by atoms with Crippen molar-refractivity contribution in [2.45, 2.75) is 24.8 Å². The number of carboxylic acid groups (broad SMARTS) is 1. The first kappa shape index (κ1) is 10.5. The summed E-state index contributed by atoms with van der Waals surface area (Å²) in [7, 11) is 0. The van der Waals surface area contributed by atoms with Crippen LogP contribution in [0.4, 0.5) is 5.69 Å². The van der Waals surface area contributed by atoms with E-state index >= 15 is 0 Å². The van der Waals surface area contributed by atoms with E-state index in [4.69, 9.17) is 5.11 Å². The van der Waals surface area contributed by atoms with Crippen LogP contribution in [0.3, 0.4) is 0 Å². The van der Waals surface area contributed by atoms with Gasteiger partial charge in [-0.2, -0.15) is 0 Å². The Labute approximate surface area is 96.6 Å². The van der Waals surface area contributed by atoms with Gasteiger partial charge in [-0.25, -0.2) is 4.79 Å². The number of benzene rings is 1. The number of carboxylic acids is 1. The summed E-state index contributed by atoms with van der Waals surface area (Å²) in [5, 5.41) is 12.2. The third-order valence-corrected chi connectivity index (χ3v) is 3.32. The van der Waals surface area contributed by atoms with Crippen molar-refractivity contribution in [2.75, 3.05) is 5.32 Å². The van der Waals surface area contributed by atoms with Crippen molar-refractivity contribution in [2.24, 2.45) is 0 Å². The number of anilines is 1. The molecule has 0 unspecified atom stereocenters. The molecule has 1 aliphatic carbocycles. The minimum absolute atomic E-state index is 0.703. The van der Waals surface area contributed by atoms with Crippen LogP contribution in [-0.2, 0) is 4.79 Å². The summed E-state index contributed by atoms with van der Waals surface area (Å²) in [6.07, 6.45) is 2.39. The van der Waals surface area contributed by atoms with E-state index in [2.05, 4.69) is 21.2 Å². The molecule has 2 N–H and O–H groups in total. The molecule has 0 spiro atoms. The van der Waals surface area contributed by atoms with Crippen molar-refractivity contribution in [1.82, 2.24) is 0 Å². The van der Waals surface area contributed by atoms with E-state index in [0.717, 1.165) is 16.6 Å². The second-order valence-electron chi connectivity index (χ2n) is 3.88. The number of aliphatic carboxylic acids is 1. The first-order valence-corrected chi connectivity index (χ1v) is 5.69. The van der Waals surface area contributed by atoms with Crippen LogP contribution in [-0.4, -0.2) is 16.6 Å². The van der Waals surface area contributed by atoms with Crippen molar-refractivity contribution in [3.05, 3.63) is 28.7 Å². The van der Waals surface area contributed by atoms with Crippen molar-refractivity contribution in [3.8, 4) is 0 Å². The highest BCUT2D eigenvalue weighted by Gasteiger charge is 2.44. The topological polar surface area (TPSA) is 49.3 Å². The number of rotatable bonds is 3. The van der Waals surface area contributed by atoms with Crippen LogP contribution in [0, 0.1) is 0 Å². The summed E-state index contributed by atoms with van der Waals surface area (Å²) in [4.78, 5) is 11.1. The van der Waals surface area contributed by atoms with E-state index in [1.54, 1.807) is 0 Å². The zero-order valence-corrected chi connectivity index (χ0v) is 9.75. The molecule has 0 aromatic heterocycles. The summed E-state index contributed by atoms with van der Waals surface area (Å²) in [5.74, 6) is -0.756. The maximum absolute atomic E-state index is 11.1. The Bertz CT molecular complexity index is 388. The molecule has 4 heteroatoms. The molecule has 0 atom stereocenters. The third kappa shape index (κ3) is 2.00. The fourth-order valence-corrected chi connectivity index (χ4v) is 2.16. The van der Waals surface area contributed by atoms with Gasteiger partial charge in [-0.1, -0.05) is 22.0 Å². The molecule has 1 aromatic rings. The SMILES string of the molecule is O=C(O)C1(Nc2cccc(Br)c2)CCC1. The van der Waals surface area contributed by atoms with E-state index in [-0.39, 0.29) is 0 Å². The highest BCUT2D eigenvalue weighted by Crippen LogP contribution is 2.35. The van der Waals surface area contributed by atoms with E-state index in [9.17, 15) is 4.79 Å². The normalized spacial score (nSPS) is 17.9. The molecule has 0 aliphatic heterocycles. The van der Waals surface area contributed by atoms with E-state index in [0.29, 0.717) is 12.8 Å². The molecular weight excluding hydrogens is 258 g/mol. The summed E-state index contributed by atoms with van der Waals surface area (Å²) < 4.78 is 0.951. The molecular formula is C11H12BrNO2. The predicted molar refractivity (Wildman–Crippen MR) is 62.0 cm³/mol. The summed E-state index contributed by atoms with van der Waals surface area (Å²) in [5.41, 5.74) is 0.118. The van der Waals surface area contributed by atoms with Gasteiger partial charge >= 0.3 is 5.97 Å². The molecule has 0 bridgehead atoms. The number of halogens is 1. The van der Waals surface area contributed by atoms with E-state index in [1.165, 1.54) is 0 Å². The Morgan fingerprint density at radius 3 is 2.67 bits per heavy atom. The van der Waals surface area contributed by atoms with Crippen LogP contribution in [0.1, 0.15) is 19.3 Å². The fraction of sp³-hybridized carbons (Fsp3) is 0.364. The van der Waals surface area contributed by atoms with Crippen molar-refractivity contribution in [3.63, 3.8) is 0 Å². The minimum atomic E-state index is -0.756. The average Bonchev–Trinajstić information content (AvgIpc) is 2.11. The number of hydrogen-bond acceptors (Lipinski definition) is 2. The number of hydrogen-bond donors (Lipinski definition) is 2. The van der Waals surface area contributed by atoms with Crippen LogP contribution in [0.25, 0.3) is 0 Å². The lowest BCUT2D eigenvalue weighted by atomic mass is 9.76. The molecule has 1 fully saturated rings. The Hall–Kier alpha value is -1.03. The van der Waals surface area contributed by atoms with Gasteiger partial charge in [0.15, 0.2) is 0 Å². The van der Waals surface area contributed by atoms with Gasteiger partial charge in [0, 0.05) is 10.2 Å². The molecule has 0 radical (unpaired) electrons. The van der Waals surface area contributed by atoms with Crippen LogP contribution in [0.15, 0.2) is 28.7 Å². The Morgan fingerprint density at radius 1 is 1.47 bits per heavy atom. The maximum atomic E-state index is 11.1. The highest BCUT2D eigenvalue weighted by molar-refractivity contribution is 9.10. The molecule has 0 saturated heterocycles. The Kier molecular flexibility index (Phi) is 2.69. The molecule has 1 aromatic carbocycles. The fourth-order valence-electron chi connectivity index (χ4n) is 1.77. The lowest BCUT2D eigenvalue weighted by molar-refractivity contribution is -0.145. The van der Waals surface area contributed by atoms with Gasteiger partial charge in [0.2, 0.25) is 0 Å². The summed E-state index contributed by atoms with van der Waals surface area (Å²) in [6.45, 7) is 0. The predicted octanol–water partition coefficient (Wildman–Crippen LogP) is 2.87. The first-order chi connectivity index (χ1) is 7.12. The molecule has 3 nitrogen and oxygen atoms in total. The molecule has 1 aliphatic rings. The summed E-state index contributed by atoms with van der Waals surface area (Å²) >= 11 is 3.36. The smallest absolute Gasteiger partial charge is 0.329 e. The van der Waals surface area contributed by atoms with Gasteiger partial charge in [-0.3, -0.25) is 0 Å². The van der Waals surface area contributed by atoms with E-state index < -0.39 is 11.5 Å². The Balaban J connectivity index is 2.17. The quantitative estimate of drug-likeness (QED) is 0.887.